The molecule has 0 fully saturated rings. The molecule has 98 valence electrons. The van der Waals surface area contributed by atoms with Gasteiger partial charge in [0.1, 0.15) is 0 Å². The van der Waals surface area contributed by atoms with E-state index < -0.39 is 17.5 Å². The molecule has 0 N–H and O–H groups in total. The van der Waals surface area contributed by atoms with E-state index >= 15 is 0 Å². The summed E-state index contributed by atoms with van der Waals surface area (Å²) in [6, 6.07) is 4.87. The van der Waals surface area contributed by atoms with Crippen molar-refractivity contribution >= 4 is 10.8 Å². The summed E-state index contributed by atoms with van der Waals surface area (Å²) in [5.41, 5.74) is 0.999. The molecule has 0 aromatic heterocycles. The van der Waals surface area contributed by atoms with Gasteiger partial charge in [-0.25, -0.2) is 13.2 Å². The number of aryl methyl sites for hydroxylation is 2. The minimum atomic E-state index is -1.38. The summed E-state index contributed by atoms with van der Waals surface area (Å²) in [5.74, 6) is -3.55. The Morgan fingerprint density at radius 1 is 0.944 bits per heavy atom. The van der Waals surface area contributed by atoms with Gasteiger partial charge in [0, 0.05) is 5.39 Å². The first-order chi connectivity index (χ1) is 8.57. The van der Waals surface area contributed by atoms with Gasteiger partial charge in [0.25, 0.3) is 0 Å². The molecule has 0 atom stereocenters. The number of halogens is 3. The molecule has 2 aromatic rings. The summed E-state index contributed by atoms with van der Waals surface area (Å²) in [6.45, 7) is 7.49. The highest BCUT2D eigenvalue weighted by Crippen LogP contribution is 2.30. The molecule has 0 saturated carbocycles. The van der Waals surface area contributed by atoms with Crippen LogP contribution >= 0.6 is 0 Å². The van der Waals surface area contributed by atoms with Crippen LogP contribution in [-0.2, 0) is 6.42 Å². The molecular weight excluding hydrogens is 237 g/mol. The quantitative estimate of drug-likeness (QED) is 0.617. The zero-order chi connectivity index (χ0) is 13.9. The van der Waals surface area contributed by atoms with Gasteiger partial charge in [0.15, 0.2) is 17.5 Å². The summed E-state index contributed by atoms with van der Waals surface area (Å²) in [6.07, 6.45) is 0.338. The SMILES string of the molecule is CC.CCc1c(F)c(F)c(F)c2cccc(C)c12. The molecule has 0 nitrogen and oxygen atoms in total. The van der Waals surface area contributed by atoms with Gasteiger partial charge >= 0.3 is 0 Å². The first-order valence-electron chi connectivity index (χ1n) is 6.12. The average molecular weight is 254 g/mol. The molecule has 2 rings (SSSR count). The maximum Gasteiger partial charge on any atom is 0.195 e. The molecule has 2 aromatic carbocycles. The second-order valence-corrected chi connectivity index (χ2v) is 3.77. The van der Waals surface area contributed by atoms with Crippen molar-refractivity contribution < 1.29 is 13.2 Å². The molecule has 0 amide bonds. The van der Waals surface area contributed by atoms with Gasteiger partial charge in [-0.15, -0.1) is 0 Å². The van der Waals surface area contributed by atoms with E-state index in [0.717, 1.165) is 5.56 Å². The van der Waals surface area contributed by atoms with Crippen molar-refractivity contribution in [2.24, 2.45) is 0 Å². The third-order valence-electron chi connectivity index (χ3n) is 2.81. The molecule has 0 radical (unpaired) electrons. The fourth-order valence-corrected chi connectivity index (χ4v) is 2.04. The van der Waals surface area contributed by atoms with Crippen molar-refractivity contribution in [3.8, 4) is 0 Å². The van der Waals surface area contributed by atoms with Crippen LogP contribution in [-0.4, -0.2) is 0 Å². The van der Waals surface area contributed by atoms with Crippen LogP contribution in [0.3, 0.4) is 0 Å². The molecular formula is C15H17F3. The first-order valence-corrected chi connectivity index (χ1v) is 6.12. The number of benzene rings is 2. The summed E-state index contributed by atoms with van der Waals surface area (Å²) in [4.78, 5) is 0. The van der Waals surface area contributed by atoms with Crippen LogP contribution in [0.4, 0.5) is 13.2 Å². The molecule has 3 heteroatoms. The normalized spacial score (nSPS) is 10.2. The number of fused-ring (bicyclic) bond motifs is 1. The molecule has 0 aliphatic carbocycles. The molecule has 0 bridgehead atoms. The third-order valence-corrected chi connectivity index (χ3v) is 2.81. The van der Waals surface area contributed by atoms with E-state index in [1.807, 2.05) is 13.8 Å². The van der Waals surface area contributed by atoms with Crippen LogP contribution < -0.4 is 0 Å². The van der Waals surface area contributed by atoms with Crippen LogP contribution in [0.5, 0.6) is 0 Å². The predicted molar refractivity (Wildman–Crippen MR) is 69.3 cm³/mol. The number of rotatable bonds is 1. The zero-order valence-electron chi connectivity index (χ0n) is 11.1. The Hall–Kier alpha value is -1.51. The molecule has 0 heterocycles. The van der Waals surface area contributed by atoms with Crippen LogP contribution in [0.25, 0.3) is 10.8 Å². The standard InChI is InChI=1S/C13H11F3.C2H6/c1-3-8-10-7(2)5-4-6-9(10)12(15)13(16)11(8)14;1-2/h4-6H,3H2,1-2H3;1-2H3. The maximum absolute atomic E-state index is 13.6. The minimum Gasteiger partial charge on any atom is -0.203 e. The van der Waals surface area contributed by atoms with Gasteiger partial charge < -0.3 is 0 Å². The van der Waals surface area contributed by atoms with Crippen LogP contribution in [0.15, 0.2) is 18.2 Å². The Morgan fingerprint density at radius 2 is 1.56 bits per heavy atom. The van der Waals surface area contributed by atoms with Crippen molar-refractivity contribution in [1.29, 1.82) is 0 Å². The van der Waals surface area contributed by atoms with Crippen LogP contribution in [0.1, 0.15) is 31.9 Å². The van der Waals surface area contributed by atoms with Gasteiger partial charge in [-0.1, -0.05) is 39.0 Å². The fraction of sp³-hybridized carbons (Fsp3) is 0.333. The molecule has 0 spiro atoms. The number of hydrogen-bond acceptors (Lipinski definition) is 0. The lowest BCUT2D eigenvalue weighted by Gasteiger charge is -2.11. The van der Waals surface area contributed by atoms with Gasteiger partial charge in [0.2, 0.25) is 0 Å². The Balaban J connectivity index is 0.000000771. The Morgan fingerprint density at radius 3 is 2.11 bits per heavy atom. The van der Waals surface area contributed by atoms with Crippen molar-refractivity contribution in [2.45, 2.75) is 34.1 Å². The van der Waals surface area contributed by atoms with Crippen molar-refractivity contribution in [2.75, 3.05) is 0 Å². The first kappa shape index (κ1) is 14.6. The van der Waals surface area contributed by atoms with E-state index in [4.69, 9.17) is 0 Å². The zero-order valence-corrected chi connectivity index (χ0v) is 11.1. The Kier molecular flexibility index (Phi) is 4.76. The van der Waals surface area contributed by atoms with Gasteiger partial charge in [-0.05, 0) is 29.9 Å². The van der Waals surface area contributed by atoms with Crippen LogP contribution in [0, 0.1) is 24.4 Å². The van der Waals surface area contributed by atoms with Gasteiger partial charge in [-0.3, -0.25) is 0 Å². The summed E-state index contributed by atoms with van der Waals surface area (Å²) < 4.78 is 40.4. The topological polar surface area (TPSA) is 0 Å². The molecule has 0 saturated heterocycles. The monoisotopic (exact) mass is 254 g/mol. The van der Waals surface area contributed by atoms with E-state index in [2.05, 4.69) is 0 Å². The largest absolute Gasteiger partial charge is 0.203 e. The lowest BCUT2D eigenvalue weighted by molar-refractivity contribution is 0.448. The average Bonchev–Trinajstić information content (AvgIpc) is 2.40. The Bertz CT molecular complexity index is 559. The highest BCUT2D eigenvalue weighted by Gasteiger charge is 2.19. The van der Waals surface area contributed by atoms with E-state index in [1.165, 1.54) is 6.07 Å². The Labute approximate surface area is 105 Å². The molecule has 0 unspecified atom stereocenters. The summed E-state index contributed by atoms with van der Waals surface area (Å²) >= 11 is 0. The summed E-state index contributed by atoms with van der Waals surface area (Å²) in [7, 11) is 0. The predicted octanol–water partition coefficient (Wildman–Crippen LogP) is 5.15. The smallest absolute Gasteiger partial charge is 0.195 e. The second kappa shape index (κ2) is 5.89. The van der Waals surface area contributed by atoms with Gasteiger partial charge in [0.05, 0.1) is 0 Å². The van der Waals surface area contributed by atoms with Crippen molar-refractivity contribution in [3.05, 3.63) is 46.8 Å². The fourth-order valence-electron chi connectivity index (χ4n) is 2.04. The second-order valence-electron chi connectivity index (χ2n) is 3.77. The molecule has 0 aliphatic rings. The van der Waals surface area contributed by atoms with E-state index in [1.54, 1.807) is 26.0 Å². The van der Waals surface area contributed by atoms with E-state index in [9.17, 15) is 13.2 Å². The minimum absolute atomic E-state index is 0.149. The van der Waals surface area contributed by atoms with Crippen LogP contribution in [0.2, 0.25) is 0 Å². The lowest BCUT2D eigenvalue weighted by Crippen LogP contribution is -2.00. The van der Waals surface area contributed by atoms with Crippen molar-refractivity contribution in [1.82, 2.24) is 0 Å². The summed E-state index contributed by atoms with van der Waals surface area (Å²) in [5, 5.41) is 0.636. The van der Waals surface area contributed by atoms with E-state index in [0.29, 0.717) is 11.8 Å². The third kappa shape index (κ3) is 2.22. The molecule has 18 heavy (non-hydrogen) atoms. The van der Waals surface area contributed by atoms with Crippen molar-refractivity contribution in [3.63, 3.8) is 0 Å². The van der Waals surface area contributed by atoms with E-state index in [-0.39, 0.29) is 10.9 Å². The number of hydrogen-bond donors (Lipinski definition) is 0. The molecule has 0 aliphatic heterocycles. The highest BCUT2D eigenvalue weighted by atomic mass is 19.2. The maximum atomic E-state index is 13.6. The lowest BCUT2D eigenvalue weighted by atomic mass is 9.97. The highest BCUT2D eigenvalue weighted by molar-refractivity contribution is 5.89. The van der Waals surface area contributed by atoms with Gasteiger partial charge in [-0.2, -0.15) is 0 Å².